The Bertz CT molecular complexity index is 351. The summed E-state index contributed by atoms with van der Waals surface area (Å²) in [7, 11) is 0.932. The molecule has 20 heavy (non-hydrogen) atoms. The molecule has 1 aliphatic heterocycles. The van der Waals surface area contributed by atoms with E-state index in [1.165, 1.54) is 12.8 Å². The van der Waals surface area contributed by atoms with Gasteiger partial charge in [0.05, 0.1) is 5.75 Å². The van der Waals surface area contributed by atoms with Gasteiger partial charge in [0.1, 0.15) is 0 Å². The molecule has 0 aliphatic carbocycles. The van der Waals surface area contributed by atoms with Crippen LogP contribution in [0.1, 0.15) is 39.0 Å². The van der Waals surface area contributed by atoms with Gasteiger partial charge in [0, 0.05) is 19.1 Å². The maximum Gasteiger partial charge on any atom is 0.214 e. The topological polar surface area (TPSA) is 52.7 Å². The van der Waals surface area contributed by atoms with Crippen LogP contribution in [0.2, 0.25) is 0 Å². The SMILES string of the molecule is CCN(CCCN(C)C)S(=O)(=O)CCC1CCCCN1. The Morgan fingerprint density at radius 3 is 2.50 bits per heavy atom. The number of sulfonamides is 1. The molecule has 0 radical (unpaired) electrons. The van der Waals surface area contributed by atoms with Gasteiger partial charge in [-0.1, -0.05) is 13.3 Å². The third-order valence-electron chi connectivity index (χ3n) is 3.90. The van der Waals surface area contributed by atoms with E-state index in [0.29, 0.717) is 19.1 Å². The van der Waals surface area contributed by atoms with E-state index in [1.54, 1.807) is 4.31 Å². The van der Waals surface area contributed by atoms with E-state index >= 15 is 0 Å². The van der Waals surface area contributed by atoms with Crippen molar-refractivity contribution < 1.29 is 8.42 Å². The lowest BCUT2D eigenvalue weighted by Crippen LogP contribution is -2.39. The van der Waals surface area contributed by atoms with Crippen LogP contribution in [0.4, 0.5) is 0 Å². The maximum absolute atomic E-state index is 12.4. The highest BCUT2D eigenvalue weighted by Crippen LogP contribution is 2.13. The molecule has 5 nitrogen and oxygen atoms in total. The van der Waals surface area contributed by atoms with E-state index in [4.69, 9.17) is 0 Å². The van der Waals surface area contributed by atoms with E-state index in [1.807, 2.05) is 21.0 Å². The highest BCUT2D eigenvalue weighted by Gasteiger charge is 2.22. The Morgan fingerprint density at radius 1 is 1.20 bits per heavy atom. The van der Waals surface area contributed by atoms with Gasteiger partial charge >= 0.3 is 0 Å². The minimum absolute atomic E-state index is 0.278. The molecule has 120 valence electrons. The van der Waals surface area contributed by atoms with Crippen molar-refractivity contribution in [2.24, 2.45) is 0 Å². The minimum Gasteiger partial charge on any atom is -0.314 e. The van der Waals surface area contributed by atoms with Crippen molar-refractivity contribution in [3.8, 4) is 0 Å². The molecule has 0 aromatic heterocycles. The van der Waals surface area contributed by atoms with Gasteiger partial charge in [-0.15, -0.1) is 0 Å². The van der Waals surface area contributed by atoms with Crippen LogP contribution in [0.3, 0.4) is 0 Å². The summed E-state index contributed by atoms with van der Waals surface area (Å²) in [5.41, 5.74) is 0. The smallest absolute Gasteiger partial charge is 0.214 e. The van der Waals surface area contributed by atoms with Crippen molar-refractivity contribution >= 4 is 10.0 Å². The lowest BCUT2D eigenvalue weighted by molar-refractivity contribution is 0.352. The second kappa shape index (κ2) is 8.97. The van der Waals surface area contributed by atoms with Crippen molar-refractivity contribution in [2.75, 3.05) is 46.0 Å². The molecule has 1 aliphatic rings. The monoisotopic (exact) mass is 305 g/mol. The molecule has 0 aromatic rings. The molecule has 1 saturated heterocycles. The van der Waals surface area contributed by atoms with Crippen molar-refractivity contribution in [3.63, 3.8) is 0 Å². The van der Waals surface area contributed by atoms with Gasteiger partial charge in [-0.2, -0.15) is 0 Å². The molecule has 0 aromatic carbocycles. The molecule has 0 spiro atoms. The summed E-state index contributed by atoms with van der Waals surface area (Å²) >= 11 is 0. The first-order valence-corrected chi connectivity index (χ1v) is 9.42. The quantitative estimate of drug-likeness (QED) is 0.694. The minimum atomic E-state index is -3.09. The molecule has 1 N–H and O–H groups in total. The molecule has 0 bridgehead atoms. The zero-order chi connectivity index (χ0) is 15.0. The van der Waals surface area contributed by atoms with E-state index in [2.05, 4.69) is 10.2 Å². The Kier molecular flexibility index (Phi) is 8.02. The second-order valence-corrected chi connectivity index (χ2v) is 7.99. The van der Waals surface area contributed by atoms with Crippen molar-refractivity contribution in [3.05, 3.63) is 0 Å². The highest BCUT2D eigenvalue weighted by atomic mass is 32.2. The van der Waals surface area contributed by atoms with Crippen LogP contribution in [-0.2, 0) is 10.0 Å². The normalized spacial score (nSPS) is 20.8. The molecular weight excluding hydrogens is 274 g/mol. The average Bonchev–Trinajstić information content (AvgIpc) is 2.42. The largest absolute Gasteiger partial charge is 0.314 e. The third-order valence-corrected chi connectivity index (χ3v) is 5.87. The van der Waals surface area contributed by atoms with E-state index in [-0.39, 0.29) is 5.75 Å². The summed E-state index contributed by atoms with van der Waals surface area (Å²) in [4.78, 5) is 2.09. The Hall–Kier alpha value is -0.170. The number of nitrogens with zero attached hydrogens (tertiary/aromatic N) is 2. The fourth-order valence-corrected chi connectivity index (χ4v) is 4.29. The van der Waals surface area contributed by atoms with Crippen LogP contribution >= 0.6 is 0 Å². The Labute approximate surface area is 124 Å². The Balaban J connectivity index is 2.38. The van der Waals surface area contributed by atoms with Crippen LogP contribution in [0.5, 0.6) is 0 Å². The zero-order valence-corrected chi connectivity index (χ0v) is 14.1. The first kappa shape index (κ1) is 17.9. The van der Waals surface area contributed by atoms with Gasteiger partial charge < -0.3 is 10.2 Å². The lowest BCUT2D eigenvalue weighted by Gasteiger charge is -2.25. The van der Waals surface area contributed by atoms with Gasteiger partial charge in [0.2, 0.25) is 10.0 Å². The average molecular weight is 305 g/mol. The molecular formula is C14H31N3O2S. The predicted molar refractivity (Wildman–Crippen MR) is 84.5 cm³/mol. The molecule has 1 heterocycles. The summed E-state index contributed by atoms with van der Waals surface area (Å²) in [6.45, 7) is 5.09. The first-order chi connectivity index (χ1) is 9.45. The van der Waals surface area contributed by atoms with Gasteiger partial charge in [-0.25, -0.2) is 12.7 Å². The molecule has 1 unspecified atom stereocenters. The van der Waals surface area contributed by atoms with E-state index in [0.717, 1.165) is 32.4 Å². The van der Waals surface area contributed by atoms with Gasteiger partial charge in [0.25, 0.3) is 0 Å². The van der Waals surface area contributed by atoms with Crippen LogP contribution in [0, 0.1) is 0 Å². The fraction of sp³-hybridized carbons (Fsp3) is 1.00. The van der Waals surface area contributed by atoms with Crippen LogP contribution in [-0.4, -0.2) is 69.7 Å². The molecule has 0 amide bonds. The molecule has 6 heteroatoms. The van der Waals surface area contributed by atoms with Crippen molar-refractivity contribution in [1.82, 2.24) is 14.5 Å². The van der Waals surface area contributed by atoms with Crippen molar-refractivity contribution in [1.29, 1.82) is 0 Å². The lowest BCUT2D eigenvalue weighted by atomic mass is 10.0. The van der Waals surface area contributed by atoms with Gasteiger partial charge in [0.15, 0.2) is 0 Å². The van der Waals surface area contributed by atoms with Gasteiger partial charge in [-0.3, -0.25) is 0 Å². The van der Waals surface area contributed by atoms with Gasteiger partial charge in [-0.05, 0) is 52.9 Å². The number of hydrogen-bond acceptors (Lipinski definition) is 4. The molecule has 1 fully saturated rings. The summed E-state index contributed by atoms with van der Waals surface area (Å²) in [6.07, 6.45) is 5.18. The molecule has 0 saturated carbocycles. The number of hydrogen-bond donors (Lipinski definition) is 1. The zero-order valence-electron chi connectivity index (χ0n) is 13.3. The summed E-state index contributed by atoms with van der Waals surface area (Å²) in [6, 6.07) is 0.388. The second-order valence-electron chi connectivity index (χ2n) is 5.90. The van der Waals surface area contributed by atoms with E-state index in [9.17, 15) is 8.42 Å². The number of rotatable bonds is 9. The third kappa shape index (κ3) is 6.52. The van der Waals surface area contributed by atoms with E-state index < -0.39 is 10.0 Å². The maximum atomic E-state index is 12.4. The number of piperidine rings is 1. The van der Waals surface area contributed by atoms with Crippen LogP contribution in [0.25, 0.3) is 0 Å². The summed E-state index contributed by atoms with van der Waals surface area (Å²) in [5.74, 6) is 0.278. The van der Waals surface area contributed by atoms with Crippen molar-refractivity contribution in [2.45, 2.75) is 45.1 Å². The predicted octanol–water partition coefficient (Wildman–Crippen LogP) is 1.12. The fourth-order valence-electron chi connectivity index (χ4n) is 2.65. The molecule has 1 atom stereocenters. The van der Waals surface area contributed by atoms with Crippen LogP contribution < -0.4 is 5.32 Å². The van der Waals surface area contributed by atoms with Crippen LogP contribution in [0.15, 0.2) is 0 Å². The Morgan fingerprint density at radius 2 is 1.95 bits per heavy atom. The number of nitrogens with one attached hydrogen (secondary N) is 1. The molecule has 1 rings (SSSR count). The first-order valence-electron chi connectivity index (χ1n) is 7.81. The summed E-state index contributed by atoms with van der Waals surface area (Å²) in [5, 5.41) is 3.42. The summed E-state index contributed by atoms with van der Waals surface area (Å²) < 4.78 is 26.4. The highest BCUT2D eigenvalue weighted by molar-refractivity contribution is 7.89. The standard InChI is InChI=1S/C14H31N3O2S/c1-4-17(12-7-11-16(2)3)20(18,19)13-9-14-8-5-6-10-15-14/h14-15H,4-13H2,1-3H3.